The zero-order chi connectivity index (χ0) is 11.7. The highest BCUT2D eigenvalue weighted by molar-refractivity contribution is 5.93. The number of nitrogens with zero attached hydrogens (tertiary/aromatic N) is 1. The summed E-state index contributed by atoms with van der Waals surface area (Å²) in [6, 6.07) is 7.07. The molecule has 5 heteroatoms. The summed E-state index contributed by atoms with van der Waals surface area (Å²) in [5.41, 5.74) is 7.43. The molecule has 2 rings (SSSR count). The van der Waals surface area contributed by atoms with Crippen molar-refractivity contribution in [3.05, 3.63) is 36.0 Å². The molecule has 1 aromatic heterocycles. The van der Waals surface area contributed by atoms with E-state index in [4.69, 9.17) is 10.8 Å². The Balaban J connectivity index is 0.00000144. The molecule has 0 bridgehead atoms. The van der Waals surface area contributed by atoms with Gasteiger partial charge in [0.15, 0.2) is 0 Å². The van der Waals surface area contributed by atoms with Crippen LogP contribution < -0.4 is 5.73 Å². The van der Waals surface area contributed by atoms with Gasteiger partial charge in [0.25, 0.3) is 0 Å². The van der Waals surface area contributed by atoms with Gasteiger partial charge in [0.1, 0.15) is 0 Å². The van der Waals surface area contributed by atoms with Crippen LogP contribution in [0.1, 0.15) is 23.3 Å². The van der Waals surface area contributed by atoms with E-state index >= 15 is 0 Å². The lowest BCUT2D eigenvalue weighted by Crippen LogP contribution is -2.14. The van der Waals surface area contributed by atoms with Gasteiger partial charge in [-0.2, -0.15) is 0 Å². The van der Waals surface area contributed by atoms with Crippen LogP contribution in [0, 0.1) is 0 Å². The van der Waals surface area contributed by atoms with Gasteiger partial charge in [0, 0.05) is 18.5 Å². The monoisotopic (exact) mass is 254 g/mol. The number of halogens is 1. The molecule has 3 N–H and O–H groups in total. The number of carbonyl (C=O) groups is 1. The first kappa shape index (κ1) is 13.7. The number of carbonyl (C=O) groups excluding carboxylic acids is 1. The van der Waals surface area contributed by atoms with Gasteiger partial charge in [-0.05, 0) is 11.6 Å². The summed E-state index contributed by atoms with van der Waals surface area (Å²) >= 11 is 0. The van der Waals surface area contributed by atoms with E-state index in [1.54, 1.807) is 10.8 Å². The molecule has 4 nitrogen and oxygen atoms in total. The maximum atomic E-state index is 11.4. The highest BCUT2D eigenvalue weighted by Crippen LogP contribution is 2.25. The first-order chi connectivity index (χ1) is 7.65. The van der Waals surface area contributed by atoms with Crippen molar-refractivity contribution in [1.29, 1.82) is 0 Å². The number of hydrogen-bond donors (Lipinski definition) is 2. The summed E-state index contributed by atoms with van der Waals surface area (Å²) in [5, 5.41) is 9.99. The molecule has 1 atom stereocenters. The predicted molar refractivity (Wildman–Crippen MR) is 69.5 cm³/mol. The molecule has 2 aromatic rings. The number of nitrogens with two attached hydrogens (primary N) is 1. The molecule has 0 aliphatic heterocycles. The number of para-hydroxylation sites is 1. The topological polar surface area (TPSA) is 68.2 Å². The van der Waals surface area contributed by atoms with E-state index in [9.17, 15) is 4.79 Å². The lowest BCUT2D eigenvalue weighted by molar-refractivity contribution is 0.0941. The highest BCUT2D eigenvalue weighted by Gasteiger charge is 2.14. The molecule has 17 heavy (non-hydrogen) atoms. The van der Waals surface area contributed by atoms with Gasteiger partial charge in [-0.3, -0.25) is 9.36 Å². The van der Waals surface area contributed by atoms with Crippen molar-refractivity contribution in [1.82, 2.24) is 4.57 Å². The summed E-state index contributed by atoms with van der Waals surface area (Å²) < 4.78 is 1.56. The minimum absolute atomic E-state index is 0. The maximum Gasteiger partial charge on any atom is 0.227 e. The van der Waals surface area contributed by atoms with Gasteiger partial charge >= 0.3 is 0 Å². The number of aromatic nitrogens is 1. The largest absolute Gasteiger partial charge is 0.394 e. The Labute approximate surface area is 105 Å². The Morgan fingerprint density at radius 3 is 2.71 bits per heavy atom. The van der Waals surface area contributed by atoms with Crippen LogP contribution in [0.15, 0.2) is 30.5 Å². The summed E-state index contributed by atoms with van der Waals surface area (Å²) in [5.74, 6) is -0.0624. The number of benzene rings is 1. The van der Waals surface area contributed by atoms with Gasteiger partial charge in [0.05, 0.1) is 18.2 Å². The minimum Gasteiger partial charge on any atom is -0.394 e. The highest BCUT2D eigenvalue weighted by atomic mass is 35.5. The van der Waals surface area contributed by atoms with Crippen molar-refractivity contribution in [2.75, 3.05) is 6.61 Å². The van der Waals surface area contributed by atoms with Crippen molar-refractivity contribution in [2.45, 2.75) is 13.0 Å². The Morgan fingerprint density at radius 1 is 1.47 bits per heavy atom. The van der Waals surface area contributed by atoms with Crippen LogP contribution in [0.25, 0.3) is 10.9 Å². The van der Waals surface area contributed by atoms with Gasteiger partial charge in [-0.15, -0.1) is 12.4 Å². The first-order valence-corrected chi connectivity index (χ1v) is 5.12. The minimum atomic E-state index is -0.453. The van der Waals surface area contributed by atoms with Crippen molar-refractivity contribution in [3.8, 4) is 0 Å². The lowest BCUT2D eigenvalue weighted by atomic mass is 10.1. The third-order valence-corrected chi connectivity index (χ3v) is 2.68. The zero-order valence-corrected chi connectivity index (χ0v) is 10.3. The molecular weight excluding hydrogens is 240 g/mol. The van der Waals surface area contributed by atoms with Crippen molar-refractivity contribution >= 4 is 29.2 Å². The van der Waals surface area contributed by atoms with Crippen molar-refractivity contribution < 1.29 is 9.90 Å². The first-order valence-electron chi connectivity index (χ1n) is 5.12. The summed E-state index contributed by atoms with van der Waals surface area (Å²) in [4.78, 5) is 11.4. The average molecular weight is 255 g/mol. The Bertz CT molecular complexity index is 536. The quantitative estimate of drug-likeness (QED) is 0.857. The molecule has 92 valence electrons. The van der Waals surface area contributed by atoms with Crippen LogP contribution in [0.5, 0.6) is 0 Å². The molecule has 1 aromatic carbocycles. The van der Waals surface area contributed by atoms with Crippen molar-refractivity contribution in [3.63, 3.8) is 0 Å². The SMILES string of the molecule is CC(=O)n1cc([C@@H](N)CO)c2ccccc21.Cl. The molecule has 0 amide bonds. The van der Waals surface area contributed by atoms with Gasteiger partial charge in [-0.25, -0.2) is 0 Å². The van der Waals surface area contributed by atoms with E-state index in [1.165, 1.54) is 6.92 Å². The molecular formula is C12H15ClN2O2. The fourth-order valence-electron chi connectivity index (χ4n) is 1.86. The second-order valence-corrected chi connectivity index (χ2v) is 3.78. The second kappa shape index (κ2) is 5.31. The van der Waals surface area contributed by atoms with E-state index in [0.717, 1.165) is 16.5 Å². The smallest absolute Gasteiger partial charge is 0.227 e. The average Bonchev–Trinajstić information content (AvgIpc) is 2.67. The number of aliphatic hydroxyl groups is 1. The summed E-state index contributed by atoms with van der Waals surface area (Å²) in [6.07, 6.45) is 1.70. The zero-order valence-electron chi connectivity index (χ0n) is 9.46. The van der Waals surface area contributed by atoms with Crippen LogP contribution in [0.4, 0.5) is 0 Å². The molecule has 0 spiro atoms. The van der Waals surface area contributed by atoms with Crippen LogP contribution >= 0.6 is 12.4 Å². The molecule has 1 heterocycles. The molecule has 0 aliphatic carbocycles. The fourth-order valence-corrected chi connectivity index (χ4v) is 1.86. The maximum absolute atomic E-state index is 11.4. The fraction of sp³-hybridized carbons (Fsp3) is 0.250. The number of aliphatic hydroxyl groups excluding tert-OH is 1. The number of hydrogen-bond acceptors (Lipinski definition) is 3. The lowest BCUT2D eigenvalue weighted by Gasteiger charge is -2.05. The molecule has 0 aliphatic rings. The van der Waals surface area contributed by atoms with Crippen LogP contribution in [-0.2, 0) is 0 Å². The van der Waals surface area contributed by atoms with E-state index in [1.807, 2.05) is 24.3 Å². The molecule has 0 unspecified atom stereocenters. The normalized spacial score (nSPS) is 12.2. The third kappa shape index (κ3) is 2.34. The van der Waals surface area contributed by atoms with E-state index < -0.39 is 6.04 Å². The molecule has 0 radical (unpaired) electrons. The molecule has 0 saturated heterocycles. The van der Waals surface area contributed by atoms with E-state index in [2.05, 4.69) is 0 Å². The molecule has 0 fully saturated rings. The standard InChI is InChI=1S/C12H14N2O2.ClH/c1-8(16)14-6-10(11(13)7-15)9-4-2-3-5-12(9)14;/h2-6,11,15H,7,13H2,1H3;1H/t11-;/m0./s1. The number of rotatable bonds is 2. The van der Waals surface area contributed by atoms with Gasteiger partial charge in [-0.1, -0.05) is 18.2 Å². The van der Waals surface area contributed by atoms with Crippen molar-refractivity contribution in [2.24, 2.45) is 5.73 Å². The van der Waals surface area contributed by atoms with Gasteiger partial charge in [0.2, 0.25) is 5.91 Å². The summed E-state index contributed by atoms with van der Waals surface area (Å²) in [7, 11) is 0. The predicted octanol–water partition coefficient (Wildman–Crippen LogP) is 1.72. The third-order valence-electron chi connectivity index (χ3n) is 2.68. The van der Waals surface area contributed by atoms with E-state index in [0.29, 0.717) is 0 Å². The Hall–Kier alpha value is -1.36. The Morgan fingerprint density at radius 2 is 2.12 bits per heavy atom. The molecule has 0 saturated carbocycles. The van der Waals surface area contributed by atoms with Crippen LogP contribution in [0.2, 0.25) is 0 Å². The Kier molecular flexibility index (Phi) is 4.28. The van der Waals surface area contributed by atoms with Crippen LogP contribution in [-0.4, -0.2) is 22.2 Å². The summed E-state index contributed by atoms with van der Waals surface area (Å²) in [6.45, 7) is 1.37. The van der Waals surface area contributed by atoms with E-state index in [-0.39, 0.29) is 24.9 Å². The second-order valence-electron chi connectivity index (χ2n) is 3.78. The van der Waals surface area contributed by atoms with Crippen LogP contribution in [0.3, 0.4) is 0 Å². The van der Waals surface area contributed by atoms with Gasteiger partial charge < -0.3 is 10.8 Å². The number of fused-ring (bicyclic) bond motifs is 1.